The number of nitrogens with one attached hydrogen (secondary N) is 1. The third-order valence-corrected chi connectivity index (χ3v) is 10.8. The Hall–Kier alpha value is -0.910. The molecule has 0 fully saturated rings. The van der Waals surface area contributed by atoms with Crippen LogP contribution in [0.4, 0.5) is 0 Å². The second-order valence-electron chi connectivity index (χ2n) is 16.0. The minimum Gasteiger partial charge on any atom is -0.394 e. The van der Waals surface area contributed by atoms with Gasteiger partial charge in [0.05, 0.1) is 31.3 Å². The van der Waals surface area contributed by atoms with Gasteiger partial charge in [0.15, 0.2) is 0 Å². The summed E-state index contributed by atoms with van der Waals surface area (Å²) in [6, 6.07) is -0.660. The molecule has 0 aromatic carbocycles. The van der Waals surface area contributed by atoms with Gasteiger partial charge >= 0.3 is 0 Å². The molecule has 0 aromatic rings. The normalized spacial score (nSPS) is 13.6. The van der Waals surface area contributed by atoms with Gasteiger partial charge in [0.25, 0.3) is 0 Å². The highest BCUT2D eigenvalue weighted by Gasteiger charge is 2.21. The average molecular weight is 722 g/mol. The molecule has 0 aliphatic carbocycles. The lowest BCUT2D eigenvalue weighted by Crippen LogP contribution is -2.46. The summed E-state index contributed by atoms with van der Waals surface area (Å²) in [6.07, 6.45) is 49.0. The Bertz CT molecular complexity index is 713. The molecule has 0 saturated heterocycles. The SMILES string of the molecule is CCCCCCCCCCC/C=C\CCCCCC(O)CC(=O)NC(CO)C(O)CCCCCCCCCCCCCCCCCCCCCC. The Morgan fingerprint density at radius 2 is 0.784 bits per heavy atom. The first-order valence-corrected chi connectivity index (χ1v) is 23.0. The minimum absolute atomic E-state index is 0.0289. The molecule has 0 aliphatic heterocycles. The van der Waals surface area contributed by atoms with Crippen LogP contribution in [-0.2, 0) is 4.79 Å². The highest BCUT2D eigenvalue weighted by Crippen LogP contribution is 2.17. The van der Waals surface area contributed by atoms with E-state index in [1.807, 2.05) is 0 Å². The van der Waals surface area contributed by atoms with Gasteiger partial charge in [-0.15, -0.1) is 0 Å². The number of unbranched alkanes of at least 4 members (excludes halogenated alkanes) is 31. The van der Waals surface area contributed by atoms with Gasteiger partial charge in [0.2, 0.25) is 5.91 Å². The lowest BCUT2D eigenvalue weighted by molar-refractivity contribution is -0.125. The molecular weight excluding hydrogens is 631 g/mol. The molecule has 0 aliphatic rings. The van der Waals surface area contributed by atoms with E-state index < -0.39 is 18.2 Å². The molecule has 5 heteroatoms. The topological polar surface area (TPSA) is 89.8 Å². The summed E-state index contributed by atoms with van der Waals surface area (Å²) in [4.78, 5) is 12.5. The maximum atomic E-state index is 12.5. The van der Waals surface area contributed by atoms with E-state index in [-0.39, 0.29) is 18.9 Å². The highest BCUT2D eigenvalue weighted by atomic mass is 16.3. The molecule has 0 spiro atoms. The van der Waals surface area contributed by atoms with Gasteiger partial charge < -0.3 is 20.6 Å². The van der Waals surface area contributed by atoms with Crippen molar-refractivity contribution in [3.05, 3.63) is 12.2 Å². The first-order chi connectivity index (χ1) is 25.0. The molecule has 0 saturated carbocycles. The quantitative estimate of drug-likeness (QED) is 0.0373. The van der Waals surface area contributed by atoms with Crippen molar-refractivity contribution in [3.8, 4) is 0 Å². The zero-order valence-electron chi connectivity index (χ0n) is 34.5. The van der Waals surface area contributed by atoms with Crippen molar-refractivity contribution in [1.29, 1.82) is 0 Å². The molecule has 0 radical (unpaired) electrons. The van der Waals surface area contributed by atoms with Gasteiger partial charge in [-0.05, 0) is 38.5 Å². The summed E-state index contributed by atoms with van der Waals surface area (Å²) in [5.74, 6) is -0.288. The predicted molar refractivity (Wildman–Crippen MR) is 222 cm³/mol. The van der Waals surface area contributed by atoms with Crippen molar-refractivity contribution in [3.63, 3.8) is 0 Å². The van der Waals surface area contributed by atoms with Crippen molar-refractivity contribution in [1.82, 2.24) is 5.32 Å². The zero-order valence-corrected chi connectivity index (χ0v) is 34.5. The van der Waals surface area contributed by atoms with Gasteiger partial charge in [0.1, 0.15) is 0 Å². The molecule has 4 N–H and O–H groups in total. The molecule has 51 heavy (non-hydrogen) atoms. The number of hydrogen-bond donors (Lipinski definition) is 4. The van der Waals surface area contributed by atoms with Crippen molar-refractivity contribution < 1.29 is 20.1 Å². The van der Waals surface area contributed by atoms with E-state index in [4.69, 9.17) is 0 Å². The molecule has 0 rings (SSSR count). The van der Waals surface area contributed by atoms with Crippen LogP contribution >= 0.6 is 0 Å². The van der Waals surface area contributed by atoms with Crippen LogP contribution in [0.25, 0.3) is 0 Å². The summed E-state index contributed by atoms with van der Waals surface area (Å²) in [5.41, 5.74) is 0. The van der Waals surface area contributed by atoms with Crippen LogP contribution in [0.2, 0.25) is 0 Å². The monoisotopic (exact) mass is 722 g/mol. The van der Waals surface area contributed by atoms with Gasteiger partial charge in [-0.2, -0.15) is 0 Å². The van der Waals surface area contributed by atoms with Crippen LogP contribution < -0.4 is 5.32 Å². The van der Waals surface area contributed by atoms with Gasteiger partial charge in [-0.1, -0.05) is 219 Å². The summed E-state index contributed by atoms with van der Waals surface area (Å²) in [5, 5.41) is 33.4. The fraction of sp³-hybridized carbons (Fsp3) is 0.935. The molecule has 0 aromatic heterocycles. The van der Waals surface area contributed by atoms with E-state index in [1.54, 1.807) is 0 Å². The molecule has 3 atom stereocenters. The second kappa shape index (κ2) is 41.8. The molecule has 3 unspecified atom stereocenters. The van der Waals surface area contributed by atoms with Crippen LogP contribution in [0.1, 0.15) is 251 Å². The van der Waals surface area contributed by atoms with Crippen LogP contribution in [0.15, 0.2) is 12.2 Å². The molecule has 0 bridgehead atoms. The minimum atomic E-state index is -0.750. The number of rotatable bonds is 42. The lowest BCUT2D eigenvalue weighted by atomic mass is 10.0. The van der Waals surface area contributed by atoms with Gasteiger partial charge in [-0.3, -0.25) is 4.79 Å². The van der Waals surface area contributed by atoms with E-state index in [2.05, 4.69) is 31.3 Å². The van der Waals surface area contributed by atoms with Gasteiger partial charge in [-0.25, -0.2) is 0 Å². The molecular formula is C46H91NO4. The lowest BCUT2D eigenvalue weighted by Gasteiger charge is -2.23. The Morgan fingerprint density at radius 3 is 1.16 bits per heavy atom. The maximum Gasteiger partial charge on any atom is 0.222 e. The summed E-state index contributed by atoms with van der Waals surface area (Å²) in [6.45, 7) is 4.27. The number of amides is 1. The molecule has 304 valence electrons. The van der Waals surface area contributed by atoms with Gasteiger partial charge in [0, 0.05) is 0 Å². The number of allylic oxidation sites excluding steroid dienone is 2. The first kappa shape index (κ1) is 50.1. The summed E-state index contributed by atoms with van der Waals surface area (Å²) in [7, 11) is 0. The first-order valence-electron chi connectivity index (χ1n) is 23.0. The Kier molecular flexibility index (Phi) is 41.1. The molecule has 5 nitrogen and oxygen atoms in total. The fourth-order valence-corrected chi connectivity index (χ4v) is 7.28. The number of carbonyl (C=O) groups is 1. The number of carbonyl (C=O) groups excluding carboxylic acids is 1. The summed E-state index contributed by atoms with van der Waals surface area (Å²) >= 11 is 0. The standard InChI is InChI=1S/C46H91NO4/c1-3-5-7-9-11-13-15-17-19-21-22-23-24-26-28-30-32-34-36-38-40-45(50)44(42-48)47-46(51)41-43(49)39-37-35-33-31-29-27-25-20-18-16-14-12-10-8-6-4-2/h27,29,43-45,48-50H,3-26,28,30-42H2,1-2H3,(H,47,51)/b29-27-. The fourth-order valence-electron chi connectivity index (χ4n) is 7.28. The van der Waals surface area contributed by atoms with Crippen LogP contribution in [0.5, 0.6) is 0 Å². The van der Waals surface area contributed by atoms with Crippen LogP contribution in [0.3, 0.4) is 0 Å². The maximum absolute atomic E-state index is 12.5. The average Bonchev–Trinajstić information content (AvgIpc) is 3.12. The highest BCUT2D eigenvalue weighted by molar-refractivity contribution is 5.76. The van der Waals surface area contributed by atoms with Crippen molar-refractivity contribution >= 4 is 5.91 Å². The van der Waals surface area contributed by atoms with Crippen molar-refractivity contribution in [2.75, 3.05) is 6.61 Å². The van der Waals surface area contributed by atoms with Crippen LogP contribution in [0, 0.1) is 0 Å². The van der Waals surface area contributed by atoms with E-state index in [0.717, 1.165) is 38.5 Å². The second-order valence-corrected chi connectivity index (χ2v) is 16.0. The Morgan fingerprint density at radius 1 is 0.471 bits per heavy atom. The van der Waals surface area contributed by atoms with Crippen LogP contribution in [-0.4, -0.2) is 46.1 Å². The number of aliphatic hydroxyl groups excluding tert-OH is 3. The van der Waals surface area contributed by atoms with Crippen molar-refractivity contribution in [2.45, 2.75) is 270 Å². The Balaban J connectivity index is 3.60. The Labute approximate surface area is 319 Å². The van der Waals surface area contributed by atoms with E-state index in [0.29, 0.717) is 12.8 Å². The third-order valence-electron chi connectivity index (χ3n) is 10.8. The number of aliphatic hydroxyl groups is 3. The zero-order chi connectivity index (χ0) is 37.3. The predicted octanol–water partition coefficient (Wildman–Crippen LogP) is 13.2. The number of hydrogen-bond acceptors (Lipinski definition) is 4. The molecule has 0 heterocycles. The molecule has 1 amide bonds. The van der Waals surface area contributed by atoms with Crippen molar-refractivity contribution in [2.24, 2.45) is 0 Å². The summed E-state index contributed by atoms with van der Waals surface area (Å²) < 4.78 is 0. The third kappa shape index (κ3) is 38.6. The van der Waals surface area contributed by atoms with E-state index >= 15 is 0 Å². The largest absolute Gasteiger partial charge is 0.394 e. The van der Waals surface area contributed by atoms with E-state index in [1.165, 1.54) is 180 Å². The van der Waals surface area contributed by atoms with E-state index in [9.17, 15) is 20.1 Å². The smallest absolute Gasteiger partial charge is 0.222 e.